The van der Waals surface area contributed by atoms with Crippen molar-refractivity contribution in [1.29, 1.82) is 0 Å². The predicted molar refractivity (Wildman–Crippen MR) is 84.7 cm³/mol. The first kappa shape index (κ1) is 15.6. The summed E-state index contributed by atoms with van der Waals surface area (Å²) in [6.45, 7) is 9.98. The zero-order chi connectivity index (χ0) is 14.8. The molecule has 0 bridgehead atoms. The Kier molecular flexibility index (Phi) is 4.58. The van der Waals surface area contributed by atoms with Crippen molar-refractivity contribution in [1.82, 2.24) is 9.78 Å². The lowest BCUT2D eigenvalue weighted by atomic mass is 9.63. The molecule has 0 aromatic carbocycles. The highest BCUT2D eigenvalue weighted by Gasteiger charge is 2.37. The van der Waals surface area contributed by atoms with Crippen molar-refractivity contribution in [2.45, 2.75) is 72.3 Å². The summed E-state index contributed by atoms with van der Waals surface area (Å²) < 4.78 is 2.10. The molecule has 0 spiro atoms. The van der Waals surface area contributed by atoms with Gasteiger partial charge in [-0.25, -0.2) is 0 Å². The van der Waals surface area contributed by atoms with Gasteiger partial charge in [0, 0.05) is 12.2 Å². The van der Waals surface area contributed by atoms with E-state index in [4.69, 9.17) is 10.8 Å². The van der Waals surface area contributed by atoms with Gasteiger partial charge in [-0.2, -0.15) is 5.10 Å². The van der Waals surface area contributed by atoms with Crippen molar-refractivity contribution >= 4 is 0 Å². The van der Waals surface area contributed by atoms with Crippen LogP contribution in [0.25, 0.3) is 0 Å². The third-order valence-corrected chi connectivity index (χ3v) is 5.36. The Balaban J connectivity index is 2.05. The summed E-state index contributed by atoms with van der Waals surface area (Å²) in [5.41, 5.74) is 8.13. The Labute approximate surface area is 123 Å². The van der Waals surface area contributed by atoms with E-state index in [-0.39, 0.29) is 5.41 Å². The van der Waals surface area contributed by atoms with Gasteiger partial charge >= 0.3 is 0 Å². The van der Waals surface area contributed by atoms with E-state index in [1.807, 2.05) is 0 Å². The predicted octanol–water partition coefficient (Wildman–Crippen LogP) is 3.94. The molecule has 1 heterocycles. The quantitative estimate of drug-likeness (QED) is 0.886. The summed E-state index contributed by atoms with van der Waals surface area (Å²) >= 11 is 0. The topological polar surface area (TPSA) is 43.8 Å². The number of nitrogens with zero attached hydrogens (tertiary/aromatic N) is 2. The van der Waals surface area contributed by atoms with Crippen molar-refractivity contribution in [2.75, 3.05) is 6.54 Å². The molecular formula is C17H31N3. The lowest BCUT2D eigenvalue weighted by molar-refractivity contribution is 0.107. The van der Waals surface area contributed by atoms with Gasteiger partial charge in [-0.15, -0.1) is 0 Å². The number of hydrogen-bond donors (Lipinski definition) is 1. The largest absolute Gasteiger partial charge is 0.330 e. The van der Waals surface area contributed by atoms with Gasteiger partial charge < -0.3 is 5.73 Å². The van der Waals surface area contributed by atoms with Crippen LogP contribution in [0.15, 0.2) is 12.3 Å². The number of hydrogen-bond acceptors (Lipinski definition) is 2. The van der Waals surface area contributed by atoms with Crippen LogP contribution in [-0.2, 0) is 6.42 Å². The minimum atomic E-state index is 0.282. The summed E-state index contributed by atoms with van der Waals surface area (Å²) in [5.74, 6) is 0. The highest BCUT2D eigenvalue weighted by Crippen LogP contribution is 2.46. The van der Waals surface area contributed by atoms with E-state index in [1.165, 1.54) is 31.4 Å². The van der Waals surface area contributed by atoms with E-state index in [9.17, 15) is 0 Å². The molecule has 1 saturated carbocycles. The van der Waals surface area contributed by atoms with Gasteiger partial charge in [0.05, 0.1) is 5.69 Å². The van der Waals surface area contributed by atoms with Gasteiger partial charge in [0.15, 0.2) is 0 Å². The maximum Gasteiger partial charge on any atom is 0.0630 e. The molecule has 1 fully saturated rings. The standard InChI is InChI=1S/C17H31N3/c1-5-14(2)20-11-6-15(19-20)12-17(13-18)9-7-16(3,4)8-10-17/h6,11,14H,5,7-10,12-13,18H2,1-4H3. The van der Waals surface area contributed by atoms with Crippen LogP contribution in [0.2, 0.25) is 0 Å². The Morgan fingerprint density at radius 3 is 2.50 bits per heavy atom. The van der Waals surface area contributed by atoms with Crippen LogP contribution in [0.3, 0.4) is 0 Å². The van der Waals surface area contributed by atoms with E-state index in [2.05, 4.69) is 44.6 Å². The van der Waals surface area contributed by atoms with Crippen molar-refractivity contribution in [3.8, 4) is 0 Å². The number of rotatable bonds is 5. The molecule has 2 rings (SSSR count). The summed E-state index contributed by atoms with van der Waals surface area (Å²) in [6.07, 6.45) is 9.35. The molecule has 1 aromatic heterocycles. The molecule has 1 atom stereocenters. The molecule has 0 saturated heterocycles. The highest BCUT2D eigenvalue weighted by molar-refractivity contribution is 5.06. The first-order valence-corrected chi connectivity index (χ1v) is 8.14. The lowest BCUT2D eigenvalue weighted by Crippen LogP contribution is -2.39. The minimum absolute atomic E-state index is 0.282. The number of aromatic nitrogens is 2. The van der Waals surface area contributed by atoms with E-state index in [1.54, 1.807) is 0 Å². The Bertz CT molecular complexity index is 423. The second-order valence-corrected chi connectivity index (χ2v) is 7.59. The van der Waals surface area contributed by atoms with Gasteiger partial charge in [0.25, 0.3) is 0 Å². The molecular weight excluding hydrogens is 246 g/mol. The fourth-order valence-electron chi connectivity index (χ4n) is 3.20. The fourth-order valence-corrected chi connectivity index (χ4v) is 3.20. The molecule has 1 unspecified atom stereocenters. The van der Waals surface area contributed by atoms with Crippen LogP contribution in [0, 0.1) is 10.8 Å². The smallest absolute Gasteiger partial charge is 0.0630 e. The van der Waals surface area contributed by atoms with Crippen molar-refractivity contribution in [2.24, 2.45) is 16.6 Å². The van der Waals surface area contributed by atoms with Gasteiger partial charge in [-0.1, -0.05) is 20.8 Å². The maximum absolute atomic E-state index is 6.13. The molecule has 1 aliphatic rings. The minimum Gasteiger partial charge on any atom is -0.330 e. The first-order chi connectivity index (χ1) is 9.40. The number of nitrogens with two attached hydrogens (primary N) is 1. The Hall–Kier alpha value is -0.830. The van der Waals surface area contributed by atoms with Gasteiger partial charge in [-0.05, 0) is 68.9 Å². The van der Waals surface area contributed by atoms with Crippen LogP contribution in [0.4, 0.5) is 0 Å². The van der Waals surface area contributed by atoms with Crippen molar-refractivity contribution in [3.05, 3.63) is 18.0 Å². The second-order valence-electron chi connectivity index (χ2n) is 7.59. The van der Waals surface area contributed by atoms with Crippen LogP contribution in [-0.4, -0.2) is 16.3 Å². The Morgan fingerprint density at radius 1 is 1.30 bits per heavy atom. The molecule has 0 aliphatic heterocycles. The van der Waals surface area contributed by atoms with E-state index in [0.717, 1.165) is 19.4 Å². The van der Waals surface area contributed by atoms with E-state index >= 15 is 0 Å². The average molecular weight is 277 g/mol. The molecule has 0 amide bonds. The zero-order valence-corrected chi connectivity index (χ0v) is 13.7. The average Bonchev–Trinajstić information content (AvgIpc) is 2.89. The van der Waals surface area contributed by atoms with Gasteiger partial charge in [-0.3, -0.25) is 4.68 Å². The summed E-state index contributed by atoms with van der Waals surface area (Å²) in [5, 5.41) is 4.77. The summed E-state index contributed by atoms with van der Waals surface area (Å²) in [4.78, 5) is 0. The van der Waals surface area contributed by atoms with Gasteiger partial charge in [0.1, 0.15) is 0 Å². The lowest BCUT2D eigenvalue weighted by Gasteiger charge is -2.43. The molecule has 3 heteroatoms. The molecule has 20 heavy (non-hydrogen) atoms. The normalized spacial score (nSPS) is 22.6. The summed E-state index contributed by atoms with van der Waals surface area (Å²) in [7, 11) is 0. The fraction of sp³-hybridized carbons (Fsp3) is 0.824. The Morgan fingerprint density at radius 2 is 1.95 bits per heavy atom. The highest BCUT2D eigenvalue weighted by atomic mass is 15.3. The van der Waals surface area contributed by atoms with Crippen molar-refractivity contribution in [3.63, 3.8) is 0 Å². The van der Waals surface area contributed by atoms with Crippen LogP contribution >= 0.6 is 0 Å². The van der Waals surface area contributed by atoms with Crippen LogP contribution in [0.5, 0.6) is 0 Å². The second kappa shape index (κ2) is 5.88. The van der Waals surface area contributed by atoms with Crippen LogP contribution < -0.4 is 5.73 Å². The molecule has 2 N–H and O–H groups in total. The molecule has 114 valence electrons. The molecule has 1 aromatic rings. The zero-order valence-electron chi connectivity index (χ0n) is 13.7. The van der Waals surface area contributed by atoms with E-state index < -0.39 is 0 Å². The van der Waals surface area contributed by atoms with Crippen molar-refractivity contribution < 1.29 is 0 Å². The molecule has 3 nitrogen and oxygen atoms in total. The maximum atomic E-state index is 6.13. The van der Waals surface area contributed by atoms with E-state index in [0.29, 0.717) is 11.5 Å². The monoisotopic (exact) mass is 277 g/mol. The first-order valence-electron chi connectivity index (χ1n) is 8.14. The third kappa shape index (κ3) is 3.43. The van der Waals surface area contributed by atoms with Gasteiger partial charge in [0.2, 0.25) is 0 Å². The summed E-state index contributed by atoms with van der Waals surface area (Å²) in [6, 6.07) is 2.67. The third-order valence-electron chi connectivity index (χ3n) is 5.36. The molecule has 1 aliphatic carbocycles. The molecule has 0 radical (unpaired) electrons. The van der Waals surface area contributed by atoms with Crippen LogP contribution in [0.1, 0.15) is 71.5 Å². The SMILES string of the molecule is CCC(C)n1ccc(CC2(CN)CCC(C)(C)CC2)n1.